The van der Waals surface area contributed by atoms with Gasteiger partial charge in [-0.2, -0.15) is 0 Å². The van der Waals surface area contributed by atoms with Crippen molar-refractivity contribution in [2.45, 2.75) is 25.4 Å². The molecule has 0 radical (unpaired) electrons. The van der Waals surface area contributed by atoms with Gasteiger partial charge in [0.05, 0.1) is 0 Å². The summed E-state index contributed by atoms with van der Waals surface area (Å²) in [4.78, 5) is 17.8. The van der Waals surface area contributed by atoms with Crippen LogP contribution in [0.3, 0.4) is 0 Å². The maximum absolute atomic E-state index is 12.5. The number of aliphatic hydroxyl groups excluding tert-OH is 1. The third-order valence-corrected chi connectivity index (χ3v) is 5.58. The predicted molar refractivity (Wildman–Crippen MR) is 88.8 cm³/mol. The maximum atomic E-state index is 12.5. The number of carbonyl (C=O) groups is 1. The van der Waals surface area contributed by atoms with Gasteiger partial charge in [0.1, 0.15) is 6.10 Å². The van der Waals surface area contributed by atoms with Crippen molar-refractivity contribution in [3.05, 3.63) is 34.5 Å². The number of hydrogen-bond acceptors (Lipinski definition) is 4. The molecule has 0 saturated carbocycles. The third-order valence-electron chi connectivity index (χ3n) is 4.61. The Labute approximate surface area is 136 Å². The second kappa shape index (κ2) is 7.40. The Morgan fingerprint density at radius 2 is 2.14 bits per heavy atom. The number of nitrogens with zero attached hydrogens (tertiary/aromatic N) is 2. The van der Waals surface area contributed by atoms with Crippen LogP contribution in [0.15, 0.2) is 29.7 Å². The first-order valence-electron chi connectivity index (χ1n) is 8.11. The first-order chi connectivity index (χ1) is 10.7. The van der Waals surface area contributed by atoms with Crippen LogP contribution in [0.2, 0.25) is 0 Å². The van der Waals surface area contributed by atoms with Crippen LogP contribution in [0, 0.1) is 5.92 Å². The van der Waals surface area contributed by atoms with E-state index in [9.17, 15) is 9.90 Å². The van der Waals surface area contributed by atoms with Gasteiger partial charge in [0.2, 0.25) is 5.91 Å². The highest BCUT2D eigenvalue weighted by Gasteiger charge is 2.28. The Bertz CT molecular complexity index is 507. The fraction of sp³-hybridized carbons (Fsp3) is 0.588. The summed E-state index contributed by atoms with van der Waals surface area (Å²) < 4.78 is 0. The molecule has 1 aliphatic heterocycles. The fourth-order valence-corrected chi connectivity index (χ4v) is 3.95. The maximum Gasteiger partial charge on any atom is 0.226 e. The Hall–Kier alpha value is -1.17. The molecule has 0 bridgehead atoms. The quantitative estimate of drug-likeness (QED) is 0.866. The minimum atomic E-state index is -0.411. The van der Waals surface area contributed by atoms with E-state index in [0.717, 1.165) is 50.3 Å². The summed E-state index contributed by atoms with van der Waals surface area (Å²) in [5, 5.41) is 12.2. The Morgan fingerprint density at radius 1 is 1.32 bits per heavy atom. The normalized spacial score (nSPS) is 24.4. The lowest BCUT2D eigenvalue weighted by Gasteiger charge is -2.37. The highest BCUT2D eigenvalue weighted by molar-refractivity contribution is 7.10. The van der Waals surface area contributed by atoms with Crippen LogP contribution < -0.4 is 0 Å². The van der Waals surface area contributed by atoms with Crippen molar-refractivity contribution in [2.24, 2.45) is 5.92 Å². The number of carbonyl (C=O) groups excluding carboxylic acids is 1. The molecule has 1 N–H and O–H groups in total. The van der Waals surface area contributed by atoms with Crippen molar-refractivity contribution in [1.29, 1.82) is 0 Å². The molecule has 0 spiro atoms. The largest absolute Gasteiger partial charge is 0.386 e. The monoisotopic (exact) mass is 320 g/mol. The molecule has 1 amide bonds. The van der Waals surface area contributed by atoms with E-state index in [4.69, 9.17) is 0 Å². The molecule has 3 rings (SSSR count). The van der Waals surface area contributed by atoms with Crippen molar-refractivity contribution < 1.29 is 9.90 Å². The van der Waals surface area contributed by atoms with Gasteiger partial charge in [-0.3, -0.25) is 9.69 Å². The molecule has 1 aliphatic carbocycles. The SMILES string of the molecule is O=C([C@@H]1CC=CCC1)N1CCN(C[C@@H](O)c2cccs2)CC1. The number of allylic oxidation sites excluding steroid dienone is 2. The summed E-state index contributed by atoms with van der Waals surface area (Å²) in [6, 6.07) is 3.95. The highest BCUT2D eigenvalue weighted by Crippen LogP contribution is 2.23. The van der Waals surface area contributed by atoms with Crippen LogP contribution in [0.4, 0.5) is 0 Å². The van der Waals surface area contributed by atoms with Crippen LogP contribution in [0.25, 0.3) is 0 Å². The van der Waals surface area contributed by atoms with E-state index in [1.54, 1.807) is 11.3 Å². The van der Waals surface area contributed by atoms with Gasteiger partial charge in [0.15, 0.2) is 0 Å². The molecular formula is C17H24N2O2S. The van der Waals surface area contributed by atoms with Crippen LogP contribution in [-0.4, -0.2) is 53.5 Å². The van der Waals surface area contributed by atoms with Crippen molar-refractivity contribution in [1.82, 2.24) is 9.80 Å². The number of hydrogen-bond donors (Lipinski definition) is 1. The number of piperazine rings is 1. The van der Waals surface area contributed by atoms with Gasteiger partial charge in [0, 0.05) is 43.5 Å². The molecule has 1 aromatic rings. The average molecular weight is 320 g/mol. The van der Waals surface area contributed by atoms with Crippen LogP contribution in [0.5, 0.6) is 0 Å². The average Bonchev–Trinajstić information content (AvgIpc) is 3.10. The molecule has 1 fully saturated rings. The Balaban J connectivity index is 1.46. The second-order valence-electron chi connectivity index (χ2n) is 6.14. The molecule has 4 nitrogen and oxygen atoms in total. The van der Waals surface area contributed by atoms with Gasteiger partial charge in [-0.15, -0.1) is 11.3 Å². The van der Waals surface area contributed by atoms with Crippen LogP contribution in [-0.2, 0) is 4.79 Å². The molecule has 120 valence electrons. The molecule has 2 atom stereocenters. The van der Waals surface area contributed by atoms with Gasteiger partial charge >= 0.3 is 0 Å². The predicted octanol–water partition coefficient (Wildman–Crippen LogP) is 2.28. The fourth-order valence-electron chi connectivity index (χ4n) is 3.24. The topological polar surface area (TPSA) is 43.8 Å². The van der Waals surface area contributed by atoms with E-state index in [-0.39, 0.29) is 5.92 Å². The van der Waals surface area contributed by atoms with E-state index in [1.165, 1.54) is 0 Å². The molecule has 0 unspecified atom stereocenters. The molecular weight excluding hydrogens is 296 g/mol. The van der Waals surface area contributed by atoms with E-state index in [1.807, 2.05) is 22.4 Å². The summed E-state index contributed by atoms with van der Waals surface area (Å²) in [5.74, 6) is 0.510. The first-order valence-corrected chi connectivity index (χ1v) is 8.99. The van der Waals surface area contributed by atoms with E-state index >= 15 is 0 Å². The van der Waals surface area contributed by atoms with Crippen molar-refractivity contribution in [3.8, 4) is 0 Å². The smallest absolute Gasteiger partial charge is 0.226 e. The second-order valence-corrected chi connectivity index (χ2v) is 7.12. The first kappa shape index (κ1) is 15.7. The number of aliphatic hydroxyl groups is 1. The van der Waals surface area contributed by atoms with Gasteiger partial charge in [-0.1, -0.05) is 18.2 Å². The van der Waals surface area contributed by atoms with Gasteiger partial charge < -0.3 is 10.0 Å². The highest BCUT2D eigenvalue weighted by atomic mass is 32.1. The van der Waals surface area contributed by atoms with E-state index in [2.05, 4.69) is 17.1 Å². The number of thiophene rings is 1. The number of β-amino-alcohol motifs (C(OH)–C–C–N with tert-alkyl or cyclic N) is 1. The zero-order valence-corrected chi connectivity index (χ0v) is 13.7. The zero-order valence-electron chi connectivity index (χ0n) is 12.9. The summed E-state index contributed by atoms with van der Waals surface area (Å²) in [6.45, 7) is 3.95. The van der Waals surface area contributed by atoms with Crippen molar-refractivity contribution >= 4 is 17.2 Å². The minimum Gasteiger partial charge on any atom is -0.386 e. The Morgan fingerprint density at radius 3 is 2.77 bits per heavy atom. The van der Waals surface area contributed by atoms with Crippen molar-refractivity contribution in [3.63, 3.8) is 0 Å². The van der Waals surface area contributed by atoms with E-state index in [0.29, 0.717) is 12.5 Å². The van der Waals surface area contributed by atoms with Gasteiger partial charge in [-0.05, 0) is 30.7 Å². The molecule has 5 heteroatoms. The van der Waals surface area contributed by atoms with Crippen LogP contribution >= 0.6 is 11.3 Å². The van der Waals surface area contributed by atoms with Gasteiger partial charge in [0.25, 0.3) is 0 Å². The number of amides is 1. The van der Waals surface area contributed by atoms with Gasteiger partial charge in [-0.25, -0.2) is 0 Å². The zero-order chi connectivity index (χ0) is 15.4. The molecule has 1 aromatic heterocycles. The van der Waals surface area contributed by atoms with Crippen molar-refractivity contribution in [2.75, 3.05) is 32.7 Å². The molecule has 2 heterocycles. The standard InChI is InChI=1S/C17H24N2O2S/c20-15(16-7-4-12-22-16)13-18-8-10-19(11-9-18)17(21)14-5-2-1-3-6-14/h1-2,4,7,12,14-15,20H,3,5-6,8-11,13H2/t14-,15-/m1/s1. The molecule has 0 aromatic carbocycles. The number of rotatable bonds is 4. The lowest BCUT2D eigenvalue weighted by Crippen LogP contribution is -2.51. The molecule has 22 heavy (non-hydrogen) atoms. The summed E-state index contributed by atoms with van der Waals surface area (Å²) in [6.07, 6.45) is 6.82. The lowest BCUT2D eigenvalue weighted by atomic mass is 9.93. The molecule has 2 aliphatic rings. The summed E-state index contributed by atoms with van der Waals surface area (Å²) in [7, 11) is 0. The molecule has 1 saturated heterocycles. The summed E-state index contributed by atoms with van der Waals surface area (Å²) in [5.41, 5.74) is 0. The lowest BCUT2D eigenvalue weighted by molar-refractivity contribution is -0.137. The minimum absolute atomic E-state index is 0.188. The Kier molecular flexibility index (Phi) is 5.28. The third kappa shape index (κ3) is 3.77. The van der Waals surface area contributed by atoms with Crippen LogP contribution in [0.1, 0.15) is 30.2 Å². The van der Waals surface area contributed by atoms with E-state index < -0.39 is 6.10 Å². The summed E-state index contributed by atoms with van der Waals surface area (Å²) >= 11 is 1.60.